The number of aromatic nitrogens is 1. The van der Waals surface area contributed by atoms with Crippen molar-refractivity contribution in [3.05, 3.63) is 52.4 Å². The molecule has 3 N–H and O–H groups in total. The van der Waals surface area contributed by atoms with Crippen LogP contribution in [0.3, 0.4) is 0 Å². The number of oxazole rings is 1. The quantitative estimate of drug-likeness (QED) is 0.256. The number of fused-ring (bicyclic) bond motifs is 2. The average Bonchev–Trinajstić information content (AvgIpc) is 3.10. The van der Waals surface area contributed by atoms with Gasteiger partial charge in [-0.05, 0) is 55.5 Å². The van der Waals surface area contributed by atoms with Gasteiger partial charge in [0.25, 0.3) is 4.84 Å². The zero-order chi connectivity index (χ0) is 23.2. The first-order valence-electron chi connectivity index (χ1n) is 9.80. The van der Waals surface area contributed by atoms with Crippen molar-refractivity contribution in [3.63, 3.8) is 0 Å². The molecule has 0 radical (unpaired) electrons. The number of methoxy groups -OCH3 is 3. The van der Waals surface area contributed by atoms with Crippen LogP contribution in [0.2, 0.25) is 0 Å². The van der Waals surface area contributed by atoms with Crippen LogP contribution in [0.1, 0.15) is 28.9 Å². The number of carbonyl (C=O) groups excluding carboxylic acids is 1. The number of carbonyl (C=O) groups is 1. The SMILES string of the molecule is COC(=O)c1ccc2oc(=S)n([C@@H]3c4cc(N)ccc4O[C@@](C)(C(OC)OC)[C@@H]3O)c2c1. The summed E-state index contributed by atoms with van der Waals surface area (Å²) in [5.41, 5.74) is 7.09. The number of ether oxygens (including phenoxy) is 4. The lowest BCUT2D eigenvalue weighted by atomic mass is 9.84. The molecule has 1 aliphatic rings. The lowest BCUT2D eigenvalue weighted by molar-refractivity contribution is -0.238. The third-order valence-corrected chi connectivity index (χ3v) is 6.06. The van der Waals surface area contributed by atoms with E-state index in [0.29, 0.717) is 33.7 Å². The summed E-state index contributed by atoms with van der Waals surface area (Å²) in [6.07, 6.45) is -2.10. The molecule has 0 spiro atoms. The van der Waals surface area contributed by atoms with Crippen molar-refractivity contribution in [1.82, 2.24) is 4.57 Å². The van der Waals surface area contributed by atoms with E-state index in [1.807, 2.05) is 0 Å². The number of anilines is 1. The zero-order valence-electron chi connectivity index (χ0n) is 18.0. The topological polar surface area (TPSA) is 118 Å². The molecule has 1 aromatic heterocycles. The lowest BCUT2D eigenvalue weighted by Crippen LogP contribution is -2.60. The smallest absolute Gasteiger partial charge is 0.337 e. The number of aliphatic hydroxyl groups is 1. The van der Waals surface area contributed by atoms with Crippen molar-refractivity contribution in [2.24, 2.45) is 0 Å². The minimum Gasteiger partial charge on any atom is -0.479 e. The van der Waals surface area contributed by atoms with Gasteiger partial charge >= 0.3 is 5.97 Å². The van der Waals surface area contributed by atoms with Gasteiger partial charge in [-0.15, -0.1) is 0 Å². The first-order valence-corrected chi connectivity index (χ1v) is 10.2. The van der Waals surface area contributed by atoms with Crippen LogP contribution in [0.25, 0.3) is 11.1 Å². The molecule has 0 saturated carbocycles. The van der Waals surface area contributed by atoms with Crippen molar-refractivity contribution >= 4 is 35.0 Å². The Morgan fingerprint density at radius 1 is 1.22 bits per heavy atom. The number of nitrogens with zero attached hydrogens (tertiary/aromatic N) is 1. The molecule has 2 aromatic carbocycles. The average molecular weight is 461 g/mol. The first kappa shape index (κ1) is 22.3. The summed E-state index contributed by atoms with van der Waals surface area (Å²) in [4.78, 5) is 12.2. The third-order valence-electron chi connectivity index (χ3n) is 5.78. The van der Waals surface area contributed by atoms with Gasteiger partial charge < -0.3 is 34.2 Å². The van der Waals surface area contributed by atoms with E-state index in [1.54, 1.807) is 47.9 Å². The van der Waals surface area contributed by atoms with E-state index in [0.717, 1.165) is 0 Å². The molecule has 170 valence electrons. The number of hydrogen-bond acceptors (Lipinski definition) is 9. The highest BCUT2D eigenvalue weighted by molar-refractivity contribution is 7.71. The number of benzene rings is 2. The highest BCUT2D eigenvalue weighted by atomic mass is 32.1. The van der Waals surface area contributed by atoms with E-state index < -0.39 is 30.0 Å². The Hall–Kier alpha value is -2.92. The highest BCUT2D eigenvalue weighted by Crippen LogP contribution is 2.46. The summed E-state index contributed by atoms with van der Waals surface area (Å²) < 4.78 is 29.3. The fourth-order valence-corrected chi connectivity index (χ4v) is 4.55. The largest absolute Gasteiger partial charge is 0.479 e. The molecule has 0 amide bonds. The molecule has 2 heterocycles. The van der Waals surface area contributed by atoms with E-state index in [1.165, 1.54) is 21.3 Å². The Labute approximate surface area is 189 Å². The molecule has 0 saturated heterocycles. The maximum atomic E-state index is 12.1. The molecule has 32 heavy (non-hydrogen) atoms. The van der Waals surface area contributed by atoms with Crippen LogP contribution in [-0.4, -0.2) is 55.0 Å². The van der Waals surface area contributed by atoms with Crippen molar-refractivity contribution in [3.8, 4) is 5.75 Å². The first-order chi connectivity index (χ1) is 15.2. The van der Waals surface area contributed by atoms with Gasteiger partial charge in [0.1, 0.15) is 11.9 Å². The van der Waals surface area contributed by atoms with Crippen molar-refractivity contribution in [2.45, 2.75) is 31.0 Å². The minimum absolute atomic E-state index is 0.107. The normalized spacial score (nSPS) is 22.6. The van der Waals surface area contributed by atoms with Crippen LogP contribution in [0.15, 0.2) is 40.8 Å². The summed E-state index contributed by atoms with van der Waals surface area (Å²) in [6, 6.07) is 9.17. The number of rotatable bonds is 5. The standard InChI is InChI=1S/C22H24N2O7S/c1-22(20(28-3)29-4)18(25)17(13-10-12(23)6-8-15(13)31-22)24-14-9-11(19(26)27-2)5-7-16(14)30-21(24)32/h5-10,17-18,20,25H,23H2,1-4H3/t17-,18-,22-/m1/s1. The third kappa shape index (κ3) is 3.36. The van der Waals surface area contributed by atoms with E-state index >= 15 is 0 Å². The van der Waals surface area contributed by atoms with Gasteiger partial charge in [0, 0.05) is 25.5 Å². The predicted molar refractivity (Wildman–Crippen MR) is 118 cm³/mol. The van der Waals surface area contributed by atoms with Gasteiger partial charge in [0.05, 0.1) is 24.2 Å². The van der Waals surface area contributed by atoms with Crippen LogP contribution in [0, 0.1) is 4.84 Å². The fraction of sp³-hybridized carbons (Fsp3) is 0.364. The summed E-state index contributed by atoms with van der Waals surface area (Å²) in [5.74, 6) is -0.0251. The molecule has 9 nitrogen and oxygen atoms in total. The Kier molecular flexibility index (Phi) is 5.72. The summed E-state index contributed by atoms with van der Waals surface area (Å²) >= 11 is 5.52. The molecular formula is C22H24N2O7S. The van der Waals surface area contributed by atoms with E-state index in [2.05, 4.69) is 0 Å². The highest BCUT2D eigenvalue weighted by Gasteiger charge is 2.53. The predicted octanol–water partition coefficient (Wildman–Crippen LogP) is 3.05. The minimum atomic E-state index is -1.31. The number of hydrogen-bond donors (Lipinski definition) is 2. The maximum absolute atomic E-state index is 12.1. The second-order valence-electron chi connectivity index (χ2n) is 7.69. The molecule has 3 atom stereocenters. The summed E-state index contributed by atoms with van der Waals surface area (Å²) in [5, 5.41) is 11.6. The van der Waals surface area contributed by atoms with E-state index in [9.17, 15) is 9.90 Å². The van der Waals surface area contributed by atoms with E-state index in [-0.39, 0.29) is 4.84 Å². The van der Waals surface area contributed by atoms with Crippen LogP contribution in [0.4, 0.5) is 5.69 Å². The van der Waals surface area contributed by atoms with E-state index in [4.69, 9.17) is 41.3 Å². The molecule has 10 heteroatoms. The number of aliphatic hydroxyl groups excluding tert-OH is 1. The van der Waals surface area contributed by atoms with Gasteiger partial charge in [0.15, 0.2) is 17.5 Å². The molecule has 0 aliphatic carbocycles. The molecule has 0 fully saturated rings. The van der Waals surface area contributed by atoms with Crippen LogP contribution in [0.5, 0.6) is 5.75 Å². The zero-order valence-corrected chi connectivity index (χ0v) is 18.8. The second-order valence-corrected chi connectivity index (χ2v) is 8.04. The van der Waals surface area contributed by atoms with Gasteiger partial charge in [-0.3, -0.25) is 4.57 Å². The number of nitrogen functional groups attached to an aromatic ring is 1. The molecular weight excluding hydrogens is 436 g/mol. The Bertz CT molecular complexity index is 1230. The van der Waals surface area contributed by atoms with Crippen LogP contribution >= 0.6 is 12.2 Å². The lowest BCUT2D eigenvalue weighted by Gasteiger charge is -2.46. The van der Waals surface area contributed by atoms with Gasteiger partial charge in [-0.2, -0.15) is 0 Å². The van der Waals surface area contributed by atoms with Crippen LogP contribution in [-0.2, 0) is 14.2 Å². The monoisotopic (exact) mass is 460 g/mol. The Morgan fingerprint density at radius 2 is 1.94 bits per heavy atom. The molecule has 3 aromatic rings. The Morgan fingerprint density at radius 3 is 2.59 bits per heavy atom. The van der Waals surface area contributed by atoms with Gasteiger partial charge in [-0.25, -0.2) is 4.79 Å². The maximum Gasteiger partial charge on any atom is 0.337 e. The molecule has 1 aliphatic heterocycles. The van der Waals surface area contributed by atoms with Gasteiger partial charge in [0.2, 0.25) is 0 Å². The van der Waals surface area contributed by atoms with Crippen molar-refractivity contribution < 1.29 is 33.3 Å². The summed E-state index contributed by atoms with van der Waals surface area (Å²) in [6.45, 7) is 1.69. The fourth-order valence-electron chi connectivity index (χ4n) is 4.25. The van der Waals surface area contributed by atoms with Gasteiger partial charge in [-0.1, -0.05) is 0 Å². The molecule has 0 unspecified atom stereocenters. The van der Waals surface area contributed by atoms with Crippen LogP contribution < -0.4 is 10.5 Å². The molecule has 0 bridgehead atoms. The summed E-state index contributed by atoms with van der Waals surface area (Å²) in [7, 11) is 4.23. The molecule has 4 rings (SSSR count). The second kappa shape index (κ2) is 8.21. The Balaban J connectivity index is 2.00. The van der Waals surface area contributed by atoms with Crippen molar-refractivity contribution in [2.75, 3.05) is 27.1 Å². The number of esters is 1. The van der Waals surface area contributed by atoms with Crippen molar-refractivity contribution in [1.29, 1.82) is 0 Å². The number of nitrogens with two attached hydrogens (primary N) is 1.